The molecule has 3 aromatic rings. The van der Waals surface area contributed by atoms with Crippen LogP contribution in [0.1, 0.15) is 27.2 Å². The molecule has 0 spiro atoms. The third-order valence-electron chi connectivity index (χ3n) is 3.76. The Morgan fingerprint density at radius 2 is 2.19 bits per heavy atom. The number of aromatic nitrogens is 5. The molecule has 1 atom stereocenters. The van der Waals surface area contributed by atoms with Crippen molar-refractivity contribution in [2.45, 2.75) is 44.1 Å². The van der Waals surface area contributed by atoms with E-state index in [9.17, 15) is 4.79 Å². The van der Waals surface area contributed by atoms with Crippen molar-refractivity contribution in [3.63, 3.8) is 0 Å². The number of nitrogens with one attached hydrogen (secondary N) is 1. The Morgan fingerprint density at radius 1 is 1.33 bits per heavy atom. The summed E-state index contributed by atoms with van der Waals surface area (Å²) in [5.41, 5.74) is 0.915. The highest BCUT2D eigenvalue weighted by Crippen LogP contribution is 2.29. The van der Waals surface area contributed by atoms with Gasteiger partial charge in [0.15, 0.2) is 16.1 Å². The Balaban J connectivity index is 1.84. The molecule has 0 aliphatic heterocycles. The molecule has 3 heterocycles. The van der Waals surface area contributed by atoms with Crippen molar-refractivity contribution in [2.75, 3.05) is 5.32 Å². The quantitative estimate of drug-likeness (QED) is 0.574. The molecule has 1 N–H and O–H groups in total. The molecule has 27 heavy (non-hydrogen) atoms. The fraction of sp³-hybridized carbons (Fsp3) is 0.389. The largest absolute Gasteiger partial charge is 0.302 e. The van der Waals surface area contributed by atoms with E-state index in [-0.39, 0.29) is 11.2 Å². The summed E-state index contributed by atoms with van der Waals surface area (Å²) < 4.78 is 2.08. The van der Waals surface area contributed by atoms with Crippen molar-refractivity contribution in [1.29, 1.82) is 0 Å². The van der Waals surface area contributed by atoms with Crippen LogP contribution in [0.3, 0.4) is 0 Å². The summed E-state index contributed by atoms with van der Waals surface area (Å²) in [7, 11) is 0. The molecule has 0 unspecified atom stereocenters. The summed E-state index contributed by atoms with van der Waals surface area (Å²) in [5.74, 6) is 1.12. The maximum Gasteiger partial charge on any atom is 0.239 e. The predicted molar refractivity (Wildman–Crippen MR) is 109 cm³/mol. The fourth-order valence-electron chi connectivity index (χ4n) is 2.53. The van der Waals surface area contributed by atoms with Crippen LogP contribution >= 0.6 is 23.1 Å². The maximum absolute atomic E-state index is 12.6. The second-order valence-electron chi connectivity index (χ2n) is 6.39. The molecular weight excluding hydrogens is 380 g/mol. The molecule has 7 nitrogen and oxygen atoms in total. The van der Waals surface area contributed by atoms with Crippen LogP contribution in [0.25, 0.3) is 11.4 Å². The van der Waals surface area contributed by atoms with Crippen LogP contribution in [0.5, 0.6) is 0 Å². The van der Waals surface area contributed by atoms with Gasteiger partial charge in [-0.2, -0.15) is 0 Å². The molecule has 0 aliphatic rings. The molecule has 3 rings (SSSR count). The average molecular weight is 403 g/mol. The molecule has 0 aromatic carbocycles. The van der Waals surface area contributed by atoms with Crippen molar-refractivity contribution < 1.29 is 4.79 Å². The lowest BCUT2D eigenvalue weighted by molar-refractivity contribution is -0.115. The van der Waals surface area contributed by atoms with Gasteiger partial charge in [-0.1, -0.05) is 32.5 Å². The van der Waals surface area contributed by atoms with Crippen molar-refractivity contribution in [3.8, 4) is 11.4 Å². The number of hydrogen-bond acceptors (Lipinski definition) is 7. The van der Waals surface area contributed by atoms with E-state index in [1.54, 1.807) is 18.6 Å². The van der Waals surface area contributed by atoms with E-state index < -0.39 is 0 Å². The number of nitrogens with zero attached hydrogens (tertiary/aromatic N) is 5. The van der Waals surface area contributed by atoms with Crippen LogP contribution in [0, 0.1) is 5.92 Å². The average Bonchev–Trinajstić information content (AvgIpc) is 3.30. The standard InChI is InChI=1S/C18H22N6OS2/c1-4-14(16(25)21-17-20-8-9-26-17)27-18-23-22-15(24(18)11-12(2)3)13-6-5-7-19-10-13/h5-10,12,14H,4,11H2,1-3H3,(H,20,21,25)/t14-/m0/s1. The van der Waals surface area contributed by atoms with Gasteiger partial charge in [-0.15, -0.1) is 21.5 Å². The zero-order valence-electron chi connectivity index (χ0n) is 15.5. The molecule has 0 saturated carbocycles. The van der Waals surface area contributed by atoms with Crippen molar-refractivity contribution in [2.24, 2.45) is 5.92 Å². The van der Waals surface area contributed by atoms with Crippen molar-refractivity contribution >= 4 is 34.1 Å². The van der Waals surface area contributed by atoms with E-state index in [2.05, 4.69) is 43.9 Å². The number of anilines is 1. The molecule has 0 bridgehead atoms. The Morgan fingerprint density at radius 3 is 2.81 bits per heavy atom. The number of rotatable bonds is 8. The van der Waals surface area contributed by atoms with Gasteiger partial charge in [-0.05, 0) is 24.5 Å². The Hall–Kier alpha value is -2.26. The minimum atomic E-state index is -0.272. The lowest BCUT2D eigenvalue weighted by atomic mass is 10.2. The van der Waals surface area contributed by atoms with E-state index in [4.69, 9.17) is 0 Å². The van der Waals surface area contributed by atoms with Gasteiger partial charge in [-0.3, -0.25) is 9.78 Å². The van der Waals surface area contributed by atoms with Crippen LogP contribution in [0.4, 0.5) is 5.13 Å². The molecule has 1 amide bonds. The number of amides is 1. The lowest BCUT2D eigenvalue weighted by Gasteiger charge is -2.16. The number of hydrogen-bond donors (Lipinski definition) is 1. The zero-order valence-corrected chi connectivity index (χ0v) is 17.1. The molecule has 9 heteroatoms. The minimum Gasteiger partial charge on any atom is -0.302 e. The first-order valence-electron chi connectivity index (χ1n) is 8.79. The van der Waals surface area contributed by atoms with Crippen LogP contribution in [0.15, 0.2) is 41.3 Å². The second kappa shape index (κ2) is 9.09. The van der Waals surface area contributed by atoms with E-state index in [1.165, 1.54) is 23.1 Å². The first-order valence-corrected chi connectivity index (χ1v) is 10.5. The molecule has 0 fully saturated rings. The number of thioether (sulfide) groups is 1. The summed E-state index contributed by atoms with van der Waals surface area (Å²) in [5, 5.41) is 14.5. The number of carbonyl (C=O) groups is 1. The Kier molecular flexibility index (Phi) is 6.57. The third-order valence-corrected chi connectivity index (χ3v) is 5.79. The van der Waals surface area contributed by atoms with Gasteiger partial charge in [0.05, 0.1) is 5.25 Å². The van der Waals surface area contributed by atoms with E-state index in [1.807, 2.05) is 24.4 Å². The van der Waals surface area contributed by atoms with E-state index in [0.29, 0.717) is 17.5 Å². The van der Waals surface area contributed by atoms with Crippen molar-refractivity contribution in [3.05, 3.63) is 36.1 Å². The van der Waals surface area contributed by atoms with E-state index >= 15 is 0 Å². The maximum atomic E-state index is 12.6. The van der Waals surface area contributed by atoms with Crippen LogP contribution in [-0.2, 0) is 11.3 Å². The fourth-order valence-corrected chi connectivity index (χ4v) is 4.03. The van der Waals surface area contributed by atoms with Gasteiger partial charge in [0.1, 0.15) is 0 Å². The predicted octanol–water partition coefficient (Wildman–Crippen LogP) is 3.96. The SMILES string of the molecule is CC[C@H](Sc1nnc(-c2cccnc2)n1CC(C)C)C(=O)Nc1nccs1. The number of thiazole rings is 1. The van der Waals surface area contributed by atoms with Gasteiger partial charge in [-0.25, -0.2) is 4.98 Å². The first-order chi connectivity index (χ1) is 13.1. The highest BCUT2D eigenvalue weighted by Gasteiger charge is 2.24. The summed E-state index contributed by atoms with van der Waals surface area (Å²) in [6.45, 7) is 7.05. The van der Waals surface area contributed by atoms with Crippen LogP contribution < -0.4 is 5.32 Å². The number of pyridine rings is 1. The van der Waals surface area contributed by atoms with Gasteiger partial charge >= 0.3 is 0 Å². The topological polar surface area (TPSA) is 85.6 Å². The lowest BCUT2D eigenvalue weighted by Crippen LogP contribution is -2.25. The Bertz CT molecular complexity index is 863. The van der Waals surface area contributed by atoms with Crippen molar-refractivity contribution in [1.82, 2.24) is 24.7 Å². The first kappa shape index (κ1) is 19.5. The second-order valence-corrected chi connectivity index (χ2v) is 8.46. The number of carbonyl (C=O) groups excluding carboxylic acids is 1. The van der Waals surface area contributed by atoms with Gasteiger partial charge < -0.3 is 9.88 Å². The van der Waals surface area contributed by atoms with Gasteiger partial charge in [0.2, 0.25) is 5.91 Å². The van der Waals surface area contributed by atoms with Crippen LogP contribution in [-0.4, -0.2) is 35.9 Å². The van der Waals surface area contributed by atoms with Gasteiger partial charge in [0.25, 0.3) is 0 Å². The minimum absolute atomic E-state index is 0.0699. The molecule has 0 aliphatic carbocycles. The highest BCUT2D eigenvalue weighted by atomic mass is 32.2. The van der Waals surface area contributed by atoms with E-state index in [0.717, 1.165) is 23.1 Å². The highest BCUT2D eigenvalue weighted by molar-refractivity contribution is 8.00. The molecule has 142 valence electrons. The zero-order chi connectivity index (χ0) is 19.2. The molecule has 0 saturated heterocycles. The van der Waals surface area contributed by atoms with Gasteiger partial charge in [0, 0.05) is 36.1 Å². The summed E-state index contributed by atoms with van der Waals surface area (Å²) in [6, 6.07) is 3.85. The molecular formula is C18H22N6OS2. The van der Waals surface area contributed by atoms with Crippen LogP contribution in [0.2, 0.25) is 0 Å². The Labute approximate surface area is 166 Å². The molecule has 3 aromatic heterocycles. The summed E-state index contributed by atoms with van der Waals surface area (Å²) >= 11 is 2.84. The smallest absolute Gasteiger partial charge is 0.239 e. The monoisotopic (exact) mass is 402 g/mol. The third kappa shape index (κ3) is 4.92. The summed E-state index contributed by atoms with van der Waals surface area (Å²) in [4.78, 5) is 20.9. The molecule has 0 radical (unpaired) electrons. The normalized spacial score (nSPS) is 12.3. The summed E-state index contributed by atoms with van der Waals surface area (Å²) in [6.07, 6.45) is 5.87.